The molecule has 0 radical (unpaired) electrons. The molecule has 0 unspecified atom stereocenters. The van der Waals surface area contributed by atoms with E-state index in [1.54, 1.807) is 0 Å². The molecule has 2 aromatic rings. The molecule has 0 spiro atoms. The van der Waals surface area contributed by atoms with Gasteiger partial charge in [-0.1, -0.05) is 60.7 Å². The van der Waals surface area contributed by atoms with Gasteiger partial charge in [0.1, 0.15) is 0 Å². The van der Waals surface area contributed by atoms with E-state index in [2.05, 4.69) is 0 Å². The minimum Gasteiger partial charge on any atom is -0.113 e. The maximum absolute atomic E-state index is 6.33. The third-order valence-electron chi connectivity index (χ3n) is 2.18. The SMILES string of the molecule is ClC(c1ccccc1)c1ccccc1. The van der Waals surface area contributed by atoms with Crippen LogP contribution in [0.1, 0.15) is 16.5 Å². The molecule has 0 aliphatic rings. The maximum Gasteiger partial charge on any atom is 0.0835 e. The summed E-state index contributed by atoms with van der Waals surface area (Å²) in [6.07, 6.45) is 0. The topological polar surface area (TPSA) is 0 Å². The van der Waals surface area contributed by atoms with Gasteiger partial charge in [-0.05, 0) is 11.1 Å². The van der Waals surface area contributed by atoms with Crippen molar-refractivity contribution in [3.05, 3.63) is 71.8 Å². The number of hydrogen-bond donors (Lipinski definition) is 0. The van der Waals surface area contributed by atoms with Crippen molar-refractivity contribution >= 4 is 11.6 Å². The summed E-state index contributed by atoms with van der Waals surface area (Å²) in [5.41, 5.74) is 2.28. The van der Waals surface area contributed by atoms with Gasteiger partial charge in [0.25, 0.3) is 0 Å². The van der Waals surface area contributed by atoms with Gasteiger partial charge in [0, 0.05) is 0 Å². The smallest absolute Gasteiger partial charge is 0.0835 e. The molecule has 0 heterocycles. The van der Waals surface area contributed by atoms with E-state index in [4.69, 9.17) is 11.6 Å². The van der Waals surface area contributed by atoms with E-state index in [0.29, 0.717) is 0 Å². The minimum atomic E-state index is -0.0441. The average Bonchev–Trinajstić information content (AvgIpc) is 2.30. The first kappa shape index (κ1) is 9.29. The Kier molecular flexibility index (Phi) is 2.85. The Morgan fingerprint density at radius 2 is 1.00 bits per heavy atom. The summed E-state index contributed by atoms with van der Waals surface area (Å²) in [6, 6.07) is 20.2. The van der Waals surface area contributed by atoms with Crippen LogP contribution in [0.2, 0.25) is 0 Å². The van der Waals surface area contributed by atoms with Crippen molar-refractivity contribution in [3.8, 4) is 0 Å². The Morgan fingerprint density at radius 1 is 0.643 bits per heavy atom. The fraction of sp³-hybridized carbons (Fsp3) is 0.0769. The zero-order valence-electron chi connectivity index (χ0n) is 7.73. The van der Waals surface area contributed by atoms with Gasteiger partial charge in [0.2, 0.25) is 0 Å². The predicted octanol–water partition coefficient (Wildman–Crippen LogP) is 4.01. The normalized spacial score (nSPS) is 10.4. The molecule has 0 bridgehead atoms. The molecule has 1 heteroatoms. The summed E-state index contributed by atoms with van der Waals surface area (Å²) in [5, 5.41) is -0.0441. The standard InChI is InChI=1S/C13H11Cl/c14-13(11-7-3-1-4-8-11)12-9-5-2-6-10-12/h1-10,13H. The lowest BCUT2D eigenvalue weighted by molar-refractivity contribution is 1.14. The van der Waals surface area contributed by atoms with Crippen LogP contribution in [0.25, 0.3) is 0 Å². The number of alkyl halides is 1. The molecule has 0 saturated carbocycles. The summed E-state index contributed by atoms with van der Waals surface area (Å²) in [6.45, 7) is 0. The van der Waals surface area contributed by atoms with Crippen LogP contribution in [-0.4, -0.2) is 0 Å². The molecule has 0 nitrogen and oxygen atoms in total. The monoisotopic (exact) mass is 202 g/mol. The van der Waals surface area contributed by atoms with Crippen molar-refractivity contribution in [2.45, 2.75) is 5.38 Å². The van der Waals surface area contributed by atoms with Crippen LogP contribution in [0.3, 0.4) is 0 Å². The molecule has 0 saturated heterocycles. The Hall–Kier alpha value is -1.27. The van der Waals surface area contributed by atoms with E-state index in [-0.39, 0.29) is 5.38 Å². The quantitative estimate of drug-likeness (QED) is 0.646. The van der Waals surface area contributed by atoms with Crippen LogP contribution in [-0.2, 0) is 0 Å². The lowest BCUT2D eigenvalue weighted by Crippen LogP contribution is -1.91. The number of rotatable bonds is 2. The molecule has 14 heavy (non-hydrogen) atoms. The number of benzene rings is 2. The zero-order valence-corrected chi connectivity index (χ0v) is 8.48. The first-order valence-electron chi connectivity index (χ1n) is 4.62. The summed E-state index contributed by atoms with van der Waals surface area (Å²) in [4.78, 5) is 0. The highest BCUT2D eigenvalue weighted by Gasteiger charge is 2.08. The van der Waals surface area contributed by atoms with Gasteiger partial charge in [-0.3, -0.25) is 0 Å². The molecule has 2 rings (SSSR count). The van der Waals surface area contributed by atoms with Gasteiger partial charge in [0.15, 0.2) is 0 Å². The van der Waals surface area contributed by atoms with E-state index in [9.17, 15) is 0 Å². The highest BCUT2D eigenvalue weighted by molar-refractivity contribution is 6.22. The van der Waals surface area contributed by atoms with Crippen molar-refractivity contribution in [1.82, 2.24) is 0 Å². The third-order valence-corrected chi connectivity index (χ3v) is 2.69. The third kappa shape index (κ3) is 1.97. The summed E-state index contributed by atoms with van der Waals surface area (Å²) in [7, 11) is 0. The molecule has 0 N–H and O–H groups in total. The van der Waals surface area contributed by atoms with Crippen molar-refractivity contribution in [2.75, 3.05) is 0 Å². The Labute approximate surface area is 89.2 Å². The van der Waals surface area contributed by atoms with E-state index in [1.807, 2.05) is 60.7 Å². The summed E-state index contributed by atoms with van der Waals surface area (Å²) in [5.74, 6) is 0. The van der Waals surface area contributed by atoms with Gasteiger partial charge in [-0.15, -0.1) is 11.6 Å². The highest BCUT2D eigenvalue weighted by Crippen LogP contribution is 2.27. The molecule has 0 atom stereocenters. The van der Waals surface area contributed by atoms with Crippen LogP contribution in [0.5, 0.6) is 0 Å². The zero-order chi connectivity index (χ0) is 9.80. The van der Waals surface area contributed by atoms with Crippen molar-refractivity contribution in [1.29, 1.82) is 0 Å². The van der Waals surface area contributed by atoms with Crippen molar-refractivity contribution in [3.63, 3.8) is 0 Å². The Morgan fingerprint density at radius 3 is 1.36 bits per heavy atom. The first-order chi connectivity index (χ1) is 6.88. The molecule has 0 amide bonds. The Balaban J connectivity index is 2.30. The van der Waals surface area contributed by atoms with Crippen LogP contribution in [0.15, 0.2) is 60.7 Å². The molecule has 0 fully saturated rings. The summed E-state index contributed by atoms with van der Waals surface area (Å²) >= 11 is 6.33. The van der Waals surface area contributed by atoms with Crippen LogP contribution in [0, 0.1) is 0 Å². The lowest BCUT2D eigenvalue weighted by Gasteiger charge is -2.09. The second-order valence-electron chi connectivity index (χ2n) is 3.18. The van der Waals surface area contributed by atoms with Crippen LogP contribution < -0.4 is 0 Å². The minimum absolute atomic E-state index is 0.0441. The number of hydrogen-bond acceptors (Lipinski definition) is 0. The van der Waals surface area contributed by atoms with Crippen molar-refractivity contribution in [2.24, 2.45) is 0 Å². The van der Waals surface area contributed by atoms with Gasteiger partial charge < -0.3 is 0 Å². The predicted molar refractivity (Wildman–Crippen MR) is 60.6 cm³/mol. The van der Waals surface area contributed by atoms with Gasteiger partial charge in [0.05, 0.1) is 5.38 Å². The second kappa shape index (κ2) is 4.30. The molecule has 2 aromatic carbocycles. The van der Waals surface area contributed by atoms with Gasteiger partial charge in [-0.25, -0.2) is 0 Å². The molecular weight excluding hydrogens is 192 g/mol. The van der Waals surface area contributed by atoms with E-state index >= 15 is 0 Å². The van der Waals surface area contributed by atoms with Crippen LogP contribution >= 0.6 is 11.6 Å². The largest absolute Gasteiger partial charge is 0.113 e. The fourth-order valence-electron chi connectivity index (χ4n) is 1.44. The average molecular weight is 203 g/mol. The Bertz CT molecular complexity index is 341. The lowest BCUT2D eigenvalue weighted by atomic mass is 10.0. The van der Waals surface area contributed by atoms with Gasteiger partial charge in [-0.2, -0.15) is 0 Å². The molecular formula is C13H11Cl. The summed E-state index contributed by atoms with van der Waals surface area (Å²) < 4.78 is 0. The second-order valence-corrected chi connectivity index (χ2v) is 3.62. The van der Waals surface area contributed by atoms with Gasteiger partial charge >= 0.3 is 0 Å². The molecule has 0 aliphatic carbocycles. The molecule has 0 aromatic heterocycles. The van der Waals surface area contributed by atoms with Crippen LogP contribution in [0.4, 0.5) is 0 Å². The molecule has 0 aliphatic heterocycles. The highest BCUT2D eigenvalue weighted by atomic mass is 35.5. The maximum atomic E-state index is 6.33. The first-order valence-corrected chi connectivity index (χ1v) is 5.05. The van der Waals surface area contributed by atoms with E-state index in [0.717, 1.165) is 11.1 Å². The number of halogens is 1. The van der Waals surface area contributed by atoms with Crippen molar-refractivity contribution < 1.29 is 0 Å². The van der Waals surface area contributed by atoms with E-state index in [1.165, 1.54) is 0 Å². The van der Waals surface area contributed by atoms with E-state index < -0.39 is 0 Å². The fourth-order valence-corrected chi connectivity index (χ4v) is 1.73. The molecule has 70 valence electrons.